The number of methoxy groups -OCH3 is 1. The minimum absolute atomic E-state index is 0.287. The topological polar surface area (TPSA) is 47.6 Å². The van der Waals surface area contributed by atoms with Crippen LogP contribution in [0.5, 0.6) is 5.75 Å². The van der Waals surface area contributed by atoms with Crippen LogP contribution in [0.2, 0.25) is 0 Å². The summed E-state index contributed by atoms with van der Waals surface area (Å²) in [5.74, 6) is -0.118. The van der Waals surface area contributed by atoms with E-state index in [4.69, 9.17) is 9.47 Å². The molecular formula is C15H22FNO3. The number of benzene rings is 1. The number of carbonyl (C=O) groups is 1. The summed E-state index contributed by atoms with van der Waals surface area (Å²) in [6.07, 6.45) is 1.25. The number of likely N-dealkylation sites (N-methyl/N-ethyl adjacent to an activating group) is 1. The van der Waals surface area contributed by atoms with Gasteiger partial charge in [-0.05, 0) is 38.4 Å². The predicted molar refractivity (Wildman–Crippen MR) is 75.2 cm³/mol. The molecule has 1 unspecified atom stereocenters. The second kappa shape index (κ2) is 7.85. The van der Waals surface area contributed by atoms with Gasteiger partial charge in [0, 0.05) is 6.07 Å². The van der Waals surface area contributed by atoms with Crippen LogP contribution in [0.3, 0.4) is 0 Å². The molecule has 0 aliphatic carbocycles. The molecule has 1 rings (SSSR count). The molecule has 112 valence electrons. The Kier molecular flexibility index (Phi) is 6.45. The number of rotatable bonds is 8. The van der Waals surface area contributed by atoms with E-state index in [2.05, 4.69) is 5.32 Å². The van der Waals surface area contributed by atoms with Crippen LogP contribution in [0.25, 0.3) is 0 Å². The SMILES string of the molecule is CCNC(C)(CCCOc1cccc(F)c1)C(=O)OC. The van der Waals surface area contributed by atoms with Crippen molar-refractivity contribution in [2.75, 3.05) is 20.3 Å². The molecular weight excluding hydrogens is 261 g/mol. The molecule has 0 bridgehead atoms. The first-order valence-electron chi connectivity index (χ1n) is 6.73. The first-order valence-corrected chi connectivity index (χ1v) is 6.73. The summed E-state index contributed by atoms with van der Waals surface area (Å²) in [5.41, 5.74) is -0.713. The zero-order valence-corrected chi connectivity index (χ0v) is 12.2. The average Bonchev–Trinajstić information content (AvgIpc) is 2.43. The van der Waals surface area contributed by atoms with Crippen LogP contribution in [0.1, 0.15) is 26.7 Å². The number of esters is 1. The first kappa shape index (κ1) is 16.4. The highest BCUT2D eigenvalue weighted by molar-refractivity contribution is 5.80. The van der Waals surface area contributed by atoms with Gasteiger partial charge in [0.1, 0.15) is 17.1 Å². The molecule has 0 amide bonds. The van der Waals surface area contributed by atoms with Crippen LogP contribution in [0.4, 0.5) is 4.39 Å². The summed E-state index contributed by atoms with van der Waals surface area (Å²) in [6, 6.07) is 6.00. The summed E-state index contributed by atoms with van der Waals surface area (Å²) < 4.78 is 23.2. The fourth-order valence-electron chi connectivity index (χ4n) is 2.05. The lowest BCUT2D eigenvalue weighted by Gasteiger charge is -2.27. The van der Waals surface area contributed by atoms with E-state index < -0.39 is 5.54 Å². The van der Waals surface area contributed by atoms with E-state index >= 15 is 0 Å². The molecule has 0 saturated carbocycles. The molecule has 5 heteroatoms. The van der Waals surface area contributed by atoms with Gasteiger partial charge >= 0.3 is 5.97 Å². The Bertz CT molecular complexity index is 439. The smallest absolute Gasteiger partial charge is 0.325 e. The molecule has 1 aromatic carbocycles. The van der Waals surface area contributed by atoms with Crippen molar-refractivity contribution in [3.63, 3.8) is 0 Å². The third-order valence-electron chi connectivity index (χ3n) is 3.09. The average molecular weight is 283 g/mol. The van der Waals surface area contributed by atoms with Crippen LogP contribution < -0.4 is 10.1 Å². The Hall–Kier alpha value is -1.62. The minimum Gasteiger partial charge on any atom is -0.493 e. The highest BCUT2D eigenvalue weighted by atomic mass is 19.1. The highest BCUT2D eigenvalue weighted by Gasteiger charge is 2.32. The van der Waals surface area contributed by atoms with Crippen molar-refractivity contribution in [1.82, 2.24) is 5.32 Å². The first-order chi connectivity index (χ1) is 9.51. The monoisotopic (exact) mass is 283 g/mol. The molecule has 0 radical (unpaired) electrons. The van der Waals surface area contributed by atoms with E-state index in [1.807, 2.05) is 13.8 Å². The van der Waals surface area contributed by atoms with E-state index in [0.29, 0.717) is 31.7 Å². The highest BCUT2D eigenvalue weighted by Crippen LogP contribution is 2.16. The van der Waals surface area contributed by atoms with Crippen molar-refractivity contribution in [2.45, 2.75) is 32.2 Å². The zero-order valence-electron chi connectivity index (χ0n) is 12.2. The maximum atomic E-state index is 13.0. The van der Waals surface area contributed by atoms with Crippen molar-refractivity contribution in [1.29, 1.82) is 0 Å². The van der Waals surface area contributed by atoms with Crippen molar-refractivity contribution < 1.29 is 18.7 Å². The molecule has 0 heterocycles. The molecule has 0 spiro atoms. The summed E-state index contributed by atoms with van der Waals surface area (Å²) in [7, 11) is 1.38. The van der Waals surface area contributed by atoms with Gasteiger partial charge in [-0.3, -0.25) is 4.79 Å². The number of halogens is 1. The lowest BCUT2D eigenvalue weighted by Crippen LogP contribution is -2.50. The molecule has 20 heavy (non-hydrogen) atoms. The Morgan fingerprint density at radius 3 is 2.80 bits per heavy atom. The van der Waals surface area contributed by atoms with E-state index in [1.165, 1.54) is 19.2 Å². The van der Waals surface area contributed by atoms with Crippen LogP contribution in [0.15, 0.2) is 24.3 Å². The molecule has 0 aliphatic heterocycles. The van der Waals surface area contributed by atoms with Gasteiger partial charge in [-0.25, -0.2) is 4.39 Å². The maximum Gasteiger partial charge on any atom is 0.325 e. The Morgan fingerprint density at radius 2 is 2.20 bits per heavy atom. The summed E-state index contributed by atoms with van der Waals surface area (Å²) in [4.78, 5) is 11.8. The standard InChI is InChI=1S/C15H22FNO3/c1-4-17-15(2,14(18)19-3)9-6-10-20-13-8-5-7-12(16)11-13/h5,7-8,11,17H,4,6,9-10H2,1-3H3. The number of hydrogen-bond acceptors (Lipinski definition) is 4. The third kappa shape index (κ3) is 4.81. The maximum absolute atomic E-state index is 13.0. The van der Waals surface area contributed by atoms with E-state index in [0.717, 1.165) is 0 Å². The van der Waals surface area contributed by atoms with Crippen LogP contribution >= 0.6 is 0 Å². The molecule has 0 fully saturated rings. The minimum atomic E-state index is -0.713. The van der Waals surface area contributed by atoms with E-state index in [-0.39, 0.29) is 11.8 Å². The van der Waals surface area contributed by atoms with Crippen LogP contribution in [-0.4, -0.2) is 31.8 Å². The van der Waals surface area contributed by atoms with Crippen LogP contribution in [-0.2, 0) is 9.53 Å². The Morgan fingerprint density at radius 1 is 1.45 bits per heavy atom. The van der Waals surface area contributed by atoms with Crippen molar-refractivity contribution >= 4 is 5.97 Å². The summed E-state index contributed by atoms with van der Waals surface area (Å²) in [6.45, 7) is 4.84. The third-order valence-corrected chi connectivity index (χ3v) is 3.09. The molecule has 4 nitrogen and oxygen atoms in total. The summed E-state index contributed by atoms with van der Waals surface area (Å²) >= 11 is 0. The Balaban J connectivity index is 2.43. The molecule has 0 aliphatic rings. The largest absolute Gasteiger partial charge is 0.493 e. The van der Waals surface area contributed by atoms with Gasteiger partial charge in [-0.2, -0.15) is 0 Å². The lowest BCUT2D eigenvalue weighted by molar-refractivity contribution is -0.148. The van der Waals surface area contributed by atoms with Gasteiger partial charge in [0.2, 0.25) is 0 Å². The van der Waals surface area contributed by atoms with Gasteiger partial charge in [0.15, 0.2) is 0 Å². The quantitative estimate of drug-likeness (QED) is 0.588. The predicted octanol–water partition coefficient (Wildman–Crippen LogP) is 2.53. The fourth-order valence-corrected chi connectivity index (χ4v) is 2.05. The molecule has 1 N–H and O–H groups in total. The normalized spacial score (nSPS) is 13.6. The second-order valence-corrected chi connectivity index (χ2v) is 4.76. The van der Waals surface area contributed by atoms with Crippen molar-refractivity contribution in [2.24, 2.45) is 0 Å². The second-order valence-electron chi connectivity index (χ2n) is 4.76. The van der Waals surface area contributed by atoms with Gasteiger partial charge in [-0.1, -0.05) is 13.0 Å². The van der Waals surface area contributed by atoms with Gasteiger partial charge < -0.3 is 14.8 Å². The van der Waals surface area contributed by atoms with Gasteiger partial charge in [-0.15, -0.1) is 0 Å². The molecule has 1 aromatic rings. The van der Waals surface area contributed by atoms with E-state index in [1.54, 1.807) is 12.1 Å². The lowest BCUT2D eigenvalue weighted by atomic mass is 9.96. The number of hydrogen-bond donors (Lipinski definition) is 1. The fraction of sp³-hybridized carbons (Fsp3) is 0.533. The van der Waals surface area contributed by atoms with Crippen molar-refractivity contribution in [3.05, 3.63) is 30.1 Å². The van der Waals surface area contributed by atoms with Gasteiger partial charge in [0.05, 0.1) is 13.7 Å². The molecule has 0 aromatic heterocycles. The number of nitrogens with one attached hydrogen (secondary N) is 1. The van der Waals surface area contributed by atoms with Crippen LogP contribution in [0, 0.1) is 5.82 Å². The number of carbonyl (C=O) groups excluding carboxylic acids is 1. The summed E-state index contributed by atoms with van der Waals surface area (Å²) in [5, 5.41) is 3.13. The van der Waals surface area contributed by atoms with Crippen molar-refractivity contribution in [3.8, 4) is 5.75 Å². The zero-order chi connectivity index (χ0) is 15.0. The van der Waals surface area contributed by atoms with E-state index in [9.17, 15) is 9.18 Å². The van der Waals surface area contributed by atoms with Gasteiger partial charge in [0.25, 0.3) is 0 Å². The number of ether oxygens (including phenoxy) is 2. The Labute approximate surface area is 119 Å². The molecule has 1 atom stereocenters. The molecule has 0 saturated heterocycles.